The summed E-state index contributed by atoms with van der Waals surface area (Å²) in [4.78, 5) is 36.4. The van der Waals surface area contributed by atoms with E-state index in [0.717, 1.165) is 20.3 Å². The number of carbonyl (C=O) groups excluding carboxylic acids is 1. The third-order valence-electron chi connectivity index (χ3n) is 4.83. The quantitative estimate of drug-likeness (QED) is 0.488. The average Bonchev–Trinajstić information content (AvgIpc) is 3.15. The largest absolute Gasteiger partial charge is 0.337 e. The summed E-state index contributed by atoms with van der Waals surface area (Å²) in [5.41, 5.74) is 2.95. The summed E-state index contributed by atoms with van der Waals surface area (Å²) < 4.78 is 3.55. The molecule has 1 aromatic carbocycles. The standard InChI is InChI=1S/C20H16N4O2S2/c25-18(12-27-20-22-15-5-1-2-6-16(15)28-20)23-10-8-14-13(11-23)19(26)24-9-4-3-7-17(24)21-14/h1-7,9H,8,10-12H2. The van der Waals surface area contributed by atoms with Gasteiger partial charge in [0.05, 0.1) is 33.8 Å². The third-order valence-corrected chi connectivity index (χ3v) is 6.99. The Labute approximate surface area is 168 Å². The highest BCUT2D eigenvalue weighted by molar-refractivity contribution is 8.01. The number of fused-ring (bicyclic) bond motifs is 3. The van der Waals surface area contributed by atoms with Crippen LogP contribution in [-0.4, -0.2) is 37.5 Å². The molecule has 0 saturated carbocycles. The first-order chi connectivity index (χ1) is 13.7. The zero-order valence-corrected chi connectivity index (χ0v) is 16.5. The van der Waals surface area contributed by atoms with Crippen molar-refractivity contribution in [1.82, 2.24) is 19.3 Å². The number of benzene rings is 1. The molecule has 0 aliphatic carbocycles. The lowest BCUT2D eigenvalue weighted by Gasteiger charge is -2.27. The molecule has 5 rings (SSSR count). The van der Waals surface area contributed by atoms with Crippen molar-refractivity contribution in [2.45, 2.75) is 17.3 Å². The maximum absolute atomic E-state index is 12.8. The van der Waals surface area contributed by atoms with Gasteiger partial charge in [0.25, 0.3) is 5.56 Å². The van der Waals surface area contributed by atoms with Gasteiger partial charge < -0.3 is 4.90 Å². The summed E-state index contributed by atoms with van der Waals surface area (Å²) in [6.07, 6.45) is 2.32. The van der Waals surface area contributed by atoms with E-state index in [1.54, 1.807) is 26.8 Å². The molecular formula is C20H16N4O2S2. The van der Waals surface area contributed by atoms with E-state index in [1.807, 2.05) is 42.5 Å². The third kappa shape index (κ3) is 3.08. The number of nitrogens with zero attached hydrogens (tertiary/aromatic N) is 4. The van der Waals surface area contributed by atoms with Gasteiger partial charge in [0.15, 0.2) is 4.34 Å². The Balaban J connectivity index is 1.33. The summed E-state index contributed by atoms with van der Waals surface area (Å²) in [6, 6.07) is 13.5. The monoisotopic (exact) mass is 408 g/mol. The number of hydrogen-bond donors (Lipinski definition) is 0. The number of rotatable bonds is 3. The molecule has 4 heterocycles. The fourth-order valence-corrected chi connectivity index (χ4v) is 5.36. The molecule has 0 unspecified atom stereocenters. The first-order valence-electron chi connectivity index (χ1n) is 8.94. The van der Waals surface area contributed by atoms with Gasteiger partial charge in [-0.3, -0.25) is 14.0 Å². The van der Waals surface area contributed by atoms with Gasteiger partial charge in [-0.2, -0.15) is 0 Å². The molecule has 1 aliphatic rings. The zero-order chi connectivity index (χ0) is 19.1. The van der Waals surface area contributed by atoms with Gasteiger partial charge in [-0.1, -0.05) is 30.0 Å². The SMILES string of the molecule is O=C(CSc1nc2ccccc2s1)N1CCc2nc3ccccn3c(=O)c2C1. The number of thiazole rings is 1. The average molecular weight is 409 g/mol. The van der Waals surface area contributed by atoms with Crippen LogP contribution < -0.4 is 5.56 Å². The van der Waals surface area contributed by atoms with Crippen LogP contribution >= 0.6 is 23.1 Å². The molecule has 0 atom stereocenters. The Morgan fingerprint density at radius 3 is 2.89 bits per heavy atom. The number of hydrogen-bond acceptors (Lipinski definition) is 6. The number of thioether (sulfide) groups is 1. The van der Waals surface area contributed by atoms with E-state index in [2.05, 4.69) is 9.97 Å². The normalized spacial score (nSPS) is 13.8. The van der Waals surface area contributed by atoms with Crippen LogP contribution in [0.4, 0.5) is 0 Å². The van der Waals surface area contributed by atoms with Crippen LogP contribution in [0, 0.1) is 0 Å². The Morgan fingerprint density at radius 1 is 1.14 bits per heavy atom. The minimum Gasteiger partial charge on any atom is -0.337 e. The van der Waals surface area contributed by atoms with E-state index in [0.29, 0.717) is 36.5 Å². The zero-order valence-electron chi connectivity index (χ0n) is 14.9. The molecule has 0 bridgehead atoms. The highest BCUT2D eigenvalue weighted by Gasteiger charge is 2.25. The van der Waals surface area contributed by atoms with Gasteiger partial charge in [-0.15, -0.1) is 11.3 Å². The molecule has 6 nitrogen and oxygen atoms in total. The van der Waals surface area contributed by atoms with Gasteiger partial charge >= 0.3 is 0 Å². The number of amides is 1. The Bertz CT molecular complexity index is 1230. The second-order valence-electron chi connectivity index (χ2n) is 6.57. The molecule has 8 heteroatoms. The van der Waals surface area contributed by atoms with Gasteiger partial charge in [0.2, 0.25) is 5.91 Å². The molecule has 0 radical (unpaired) electrons. The van der Waals surface area contributed by atoms with Crippen molar-refractivity contribution in [3.8, 4) is 0 Å². The van der Waals surface area contributed by atoms with E-state index >= 15 is 0 Å². The fraction of sp³-hybridized carbons (Fsp3) is 0.200. The summed E-state index contributed by atoms with van der Waals surface area (Å²) in [5, 5.41) is 0. The minimum atomic E-state index is -0.0862. The van der Waals surface area contributed by atoms with Crippen molar-refractivity contribution >= 4 is 44.9 Å². The van der Waals surface area contributed by atoms with Crippen molar-refractivity contribution in [2.24, 2.45) is 0 Å². The van der Waals surface area contributed by atoms with Crippen LogP contribution in [0.25, 0.3) is 15.9 Å². The molecular weight excluding hydrogens is 392 g/mol. The number of pyridine rings is 1. The molecule has 28 heavy (non-hydrogen) atoms. The predicted octanol–water partition coefficient (Wildman–Crippen LogP) is 2.98. The van der Waals surface area contributed by atoms with E-state index in [4.69, 9.17) is 0 Å². The highest BCUT2D eigenvalue weighted by Crippen LogP contribution is 2.29. The van der Waals surface area contributed by atoms with Gasteiger partial charge in [0.1, 0.15) is 5.65 Å². The molecule has 1 aliphatic heterocycles. The van der Waals surface area contributed by atoms with Crippen LogP contribution in [0.1, 0.15) is 11.3 Å². The highest BCUT2D eigenvalue weighted by atomic mass is 32.2. The summed E-state index contributed by atoms with van der Waals surface area (Å²) in [5.74, 6) is 0.338. The molecule has 140 valence electrons. The van der Waals surface area contributed by atoms with E-state index in [9.17, 15) is 9.59 Å². The topological polar surface area (TPSA) is 67.6 Å². The lowest BCUT2D eigenvalue weighted by Crippen LogP contribution is -2.41. The Kier molecular flexibility index (Phi) is 4.37. The van der Waals surface area contributed by atoms with Crippen LogP contribution in [0.3, 0.4) is 0 Å². The smallest absolute Gasteiger partial charge is 0.263 e. The van der Waals surface area contributed by atoms with Crippen LogP contribution in [-0.2, 0) is 17.8 Å². The lowest BCUT2D eigenvalue weighted by atomic mass is 10.1. The Morgan fingerprint density at radius 2 is 2.00 bits per heavy atom. The molecule has 0 saturated heterocycles. The summed E-state index contributed by atoms with van der Waals surface area (Å²) in [6.45, 7) is 0.903. The van der Waals surface area contributed by atoms with Crippen molar-refractivity contribution in [1.29, 1.82) is 0 Å². The first kappa shape index (κ1) is 17.4. The van der Waals surface area contributed by atoms with E-state index in [-0.39, 0.29) is 11.5 Å². The number of carbonyl (C=O) groups is 1. The Hall–Kier alpha value is -2.71. The van der Waals surface area contributed by atoms with Crippen molar-refractivity contribution in [2.75, 3.05) is 12.3 Å². The maximum atomic E-state index is 12.8. The maximum Gasteiger partial charge on any atom is 0.263 e. The van der Waals surface area contributed by atoms with Crippen molar-refractivity contribution in [3.63, 3.8) is 0 Å². The second-order valence-corrected chi connectivity index (χ2v) is 8.83. The number of aromatic nitrogens is 3. The lowest BCUT2D eigenvalue weighted by molar-refractivity contribution is -0.129. The molecule has 0 fully saturated rings. The van der Waals surface area contributed by atoms with Crippen LogP contribution in [0.15, 0.2) is 57.8 Å². The molecule has 1 amide bonds. The number of para-hydroxylation sites is 1. The predicted molar refractivity (Wildman–Crippen MR) is 111 cm³/mol. The van der Waals surface area contributed by atoms with Crippen molar-refractivity contribution < 1.29 is 4.79 Å². The minimum absolute atomic E-state index is 0.0208. The molecule has 0 N–H and O–H groups in total. The molecule has 3 aromatic heterocycles. The summed E-state index contributed by atoms with van der Waals surface area (Å²) in [7, 11) is 0. The van der Waals surface area contributed by atoms with Crippen LogP contribution in [0.2, 0.25) is 0 Å². The molecule has 4 aromatic rings. The van der Waals surface area contributed by atoms with Gasteiger partial charge in [0, 0.05) is 19.2 Å². The summed E-state index contributed by atoms with van der Waals surface area (Å²) >= 11 is 3.05. The van der Waals surface area contributed by atoms with Crippen LogP contribution in [0.5, 0.6) is 0 Å². The van der Waals surface area contributed by atoms with Gasteiger partial charge in [-0.25, -0.2) is 9.97 Å². The van der Waals surface area contributed by atoms with Crippen molar-refractivity contribution in [3.05, 3.63) is 70.3 Å². The first-order valence-corrected chi connectivity index (χ1v) is 10.7. The fourth-order valence-electron chi connectivity index (χ4n) is 3.39. The molecule has 0 spiro atoms. The van der Waals surface area contributed by atoms with E-state index in [1.165, 1.54) is 11.8 Å². The van der Waals surface area contributed by atoms with Gasteiger partial charge in [-0.05, 0) is 24.3 Å². The van der Waals surface area contributed by atoms with E-state index < -0.39 is 0 Å². The second kappa shape index (κ2) is 7.03.